The van der Waals surface area contributed by atoms with Gasteiger partial charge in [-0.25, -0.2) is 0 Å². The summed E-state index contributed by atoms with van der Waals surface area (Å²) in [5.74, 6) is 0.186. The zero-order valence-electron chi connectivity index (χ0n) is 9.34. The molecule has 0 aliphatic heterocycles. The Morgan fingerprint density at radius 3 is 2.79 bits per heavy atom. The molecular weight excluding hydrogens is 176 g/mol. The zero-order valence-corrected chi connectivity index (χ0v) is 9.34. The van der Waals surface area contributed by atoms with Gasteiger partial charge in [-0.05, 0) is 26.7 Å². The minimum atomic E-state index is -0.0289. The molecule has 0 aromatic heterocycles. The third-order valence-corrected chi connectivity index (χ3v) is 2.76. The number of ether oxygens (including phenoxy) is 1. The maximum Gasteiger partial charge on any atom is 0.0672 e. The van der Waals surface area contributed by atoms with Crippen molar-refractivity contribution in [3.05, 3.63) is 0 Å². The van der Waals surface area contributed by atoms with E-state index < -0.39 is 0 Å². The van der Waals surface area contributed by atoms with Crippen LogP contribution in [0.15, 0.2) is 0 Å². The van der Waals surface area contributed by atoms with Crippen molar-refractivity contribution in [2.75, 3.05) is 13.7 Å². The fourth-order valence-corrected chi connectivity index (χ4v) is 2.19. The van der Waals surface area contributed by atoms with E-state index in [1.54, 1.807) is 7.11 Å². The van der Waals surface area contributed by atoms with Crippen LogP contribution in [0.1, 0.15) is 33.1 Å². The quantitative estimate of drug-likeness (QED) is 0.744. The number of nitriles is 1. The molecule has 1 fully saturated rings. The molecule has 0 heterocycles. The molecule has 0 spiro atoms. The van der Waals surface area contributed by atoms with Gasteiger partial charge < -0.3 is 10.1 Å². The van der Waals surface area contributed by atoms with Crippen molar-refractivity contribution in [2.45, 2.75) is 44.7 Å². The molecule has 1 aliphatic carbocycles. The van der Waals surface area contributed by atoms with Crippen molar-refractivity contribution in [3.8, 4) is 6.07 Å². The largest absolute Gasteiger partial charge is 0.383 e. The molecule has 3 heteroatoms. The Morgan fingerprint density at radius 2 is 2.21 bits per heavy atom. The molecule has 14 heavy (non-hydrogen) atoms. The summed E-state index contributed by atoms with van der Waals surface area (Å²) < 4.78 is 5.14. The summed E-state index contributed by atoms with van der Waals surface area (Å²) >= 11 is 0. The van der Waals surface area contributed by atoms with Gasteiger partial charge in [-0.1, -0.05) is 6.42 Å². The summed E-state index contributed by atoms with van der Waals surface area (Å²) in [6.07, 6.45) is 3.32. The lowest BCUT2D eigenvalue weighted by atomic mass is 10.00. The molecule has 2 unspecified atom stereocenters. The van der Waals surface area contributed by atoms with Crippen LogP contribution in [0.5, 0.6) is 0 Å². The Bertz CT molecular complexity index is 220. The Hall–Kier alpha value is -0.590. The lowest BCUT2D eigenvalue weighted by molar-refractivity contribution is 0.118. The molecule has 3 nitrogen and oxygen atoms in total. The number of nitrogens with zero attached hydrogens (tertiary/aromatic N) is 1. The van der Waals surface area contributed by atoms with Crippen molar-refractivity contribution < 1.29 is 4.74 Å². The summed E-state index contributed by atoms with van der Waals surface area (Å²) in [5, 5.41) is 12.5. The first-order chi connectivity index (χ1) is 6.59. The second-order valence-electron chi connectivity index (χ2n) is 4.73. The number of rotatable bonds is 4. The van der Waals surface area contributed by atoms with Crippen LogP contribution in [-0.4, -0.2) is 25.3 Å². The minimum Gasteiger partial charge on any atom is -0.383 e. The third kappa shape index (κ3) is 2.97. The van der Waals surface area contributed by atoms with Crippen LogP contribution in [0.2, 0.25) is 0 Å². The highest BCUT2D eigenvalue weighted by Crippen LogP contribution is 2.26. The summed E-state index contributed by atoms with van der Waals surface area (Å²) in [5.41, 5.74) is -0.0289. The zero-order chi connectivity index (χ0) is 10.6. The number of nitrogens with one attached hydrogen (secondary N) is 1. The van der Waals surface area contributed by atoms with E-state index in [0.717, 1.165) is 12.8 Å². The molecule has 0 aromatic carbocycles. The van der Waals surface area contributed by atoms with Gasteiger partial charge in [0.25, 0.3) is 0 Å². The normalized spacial score (nSPS) is 27.6. The van der Waals surface area contributed by atoms with Crippen LogP contribution in [0, 0.1) is 17.2 Å². The van der Waals surface area contributed by atoms with E-state index in [1.807, 2.05) is 0 Å². The summed E-state index contributed by atoms with van der Waals surface area (Å²) in [6, 6.07) is 2.73. The molecule has 0 saturated heterocycles. The predicted molar refractivity (Wildman–Crippen MR) is 55.8 cm³/mol. The molecule has 80 valence electrons. The Balaban J connectivity index is 2.47. The smallest absolute Gasteiger partial charge is 0.0672 e. The lowest BCUT2D eigenvalue weighted by Gasteiger charge is -2.30. The van der Waals surface area contributed by atoms with Gasteiger partial charge >= 0.3 is 0 Å². The predicted octanol–water partition coefficient (Wildman–Crippen LogP) is 1.69. The van der Waals surface area contributed by atoms with Gasteiger partial charge in [-0.15, -0.1) is 0 Å². The second-order valence-corrected chi connectivity index (χ2v) is 4.73. The van der Waals surface area contributed by atoms with Crippen LogP contribution in [-0.2, 0) is 4.74 Å². The highest BCUT2D eigenvalue weighted by molar-refractivity contribution is 4.99. The highest BCUT2D eigenvalue weighted by atomic mass is 16.5. The monoisotopic (exact) mass is 196 g/mol. The molecule has 0 bridgehead atoms. The van der Waals surface area contributed by atoms with Crippen LogP contribution >= 0.6 is 0 Å². The Morgan fingerprint density at radius 1 is 1.50 bits per heavy atom. The third-order valence-electron chi connectivity index (χ3n) is 2.76. The fourth-order valence-electron chi connectivity index (χ4n) is 2.19. The standard InChI is InChI=1S/C11H20N2O/c1-11(2,8-14-3)13-10-6-4-5-9(10)7-12/h9-10,13H,4-6,8H2,1-3H3. The molecular formula is C11H20N2O. The number of methoxy groups -OCH3 is 1. The van der Waals surface area contributed by atoms with Crippen molar-refractivity contribution in [1.82, 2.24) is 5.32 Å². The Kier molecular flexibility index (Phi) is 3.91. The average Bonchev–Trinajstić information content (AvgIpc) is 2.50. The van der Waals surface area contributed by atoms with E-state index in [2.05, 4.69) is 25.2 Å². The Labute approximate surface area is 86.4 Å². The molecule has 1 rings (SSSR count). The van der Waals surface area contributed by atoms with Crippen LogP contribution in [0.25, 0.3) is 0 Å². The van der Waals surface area contributed by atoms with Crippen LogP contribution < -0.4 is 5.32 Å². The first-order valence-corrected chi connectivity index (χ1v) is 5.25. The van der Waals surface area contributed by atoms with Gasteiger partial charge in [0.1, 0.15) is 0 Å². The van der Waals surface area contributed by atoms with E-state index in [0.29, 0.717) is 12.6 Å². The van der Waals surface area contributed by atoms with Crippen molar-refractivity contribution in [2.24, 2.45) is 5.92 Å². The summed E-state index contributed by atoms with van der Waals surface area (Å²) in [7, 11) is 1.71. The van der Waals surface area contributed by atoms with Gasteiger partial charge in [-0.2, -0.15) is 5.26 Å². The van der Waals surface area contributed by atoms with Gasteiger partial charge in [0.15, 0.2) is 0 Å². The minimum absolute atomic E-state index is 0.0289. The first-order valence-electron chi connectivity index (χ1n) is 5.25. The fraction of sp³-hybridized carbons (Fsp3) is 0.909. The topological polar surface area (TPSA) is 45.0 Å². The van der Waals surface area contributed by atoms with E-state index in [1.165, 1.54) is 6.42 Å². The van der Waals surface area contributed by atoms with Crippen molar-refractivity contribution in [3.63, 3.8) is 0 Å². The molecule has 0 aromatic rings. The van der Waals surface area contributed by atoms with Crippen LogP contribution in [0.4, 0.5) is 0 Å². The van der Waals surface area contributed by atoms with Crippen molar-refractivity contribution in [1.29, 1.82) is 5.26 Å². The molecule has 0 radical (unpaired) electrons. The van der Waals surface area contributed by atoms with Gasteiger partial charge in [0, 0.05) is 18.7 Å². The van der Waals surface area contributed by atoms with E-state index in [-0.39, 0.29) is 11.5 Å². The van der Waals surface area contributed by atoms with Gasteiger partial charge in [0.05, 0.1) is 18.6 Å². The highest BCUT2D eigenvalue weighted by Gasteiger charge is 2.31. The average molecular weight is 196 g/mol. The van der Waals surface area contributed by atoms with Crippen LogP contribution in [0.3, 0.4) is 0 Å². The van der Waals surface area contributed by atoms with Crippen molar-refractivity contribution >= 4 is 0 Å². The van der Waals surface area contributed by atoms with E-state index >= 15 is 0 Å². The number of hydrogen-bond donors (Lipinski definition) is 1. The van der Waals surface area contributed by atoms with Gasteiger partial charge in [0.2, 0.25) is 0 Å². The van der Waals surface area contributed by atoms with Gasteiger partial charge in [-0.3, -0.25) is 0 Å². The molecule has 1 N–H and O–H groups in total. The first kappa shape index (κ1) is 11.5. The SMILES string of the molecule is COCC(C)(C)NC1CCCC1C#N. The summed E-state index contributed by atoms with van der Waals surface area (Å²) in [4.78, 5) is 0. The molecule has 0 amide bonds. The summed E-state index contributed by atoms with van der Waals surface area (Å²) in [6.45, 7) is 4.91. The molecule has 2 atom stereocenters. The lowest BCUT2D eigenvalue weighted by Crippen LogP contribution is -2.50. The maximum atomic E-state index is 8.94. The molecule has 1 aliphatic rings. The van der Waals surface area contributed by atoms with E-state index in [9.17, 15) is 0 Å². The van der Waals surface area contributed by atoms with E-state index in [4.69, 9.17) is 10.00 Å². The number of hydrogen-bond acceptors (Lipinski definition) is 3. The molecule has 1 saturated carbocycles. The maximum absolute atomic E-state index is 8.94. The second kappa shape index (κ2) is 4.77.